The molecule has 0 amide bonds. The lowest BCUT2D eigenvalue weighted by molar-refractivity contribution is 0.633. The normalized spacial score (nSPS) is 12.3. The zero-order valence-electron chi connectivity index (χ0n) is 13.6. The highest BCUT2D eigenvalue weighted by Gasteiger charge is 2.16. The van der Waals surface area contributed by atoms with Crippen molar-refractivity contribution in [2.45, 2.75) is 26.8 Å². The second-order valence-corrected chi connectivity index (χ2v) is 5.88. The van der Waals surface area contributed by atoms with Gasteiger partial charge in [0.05, 0.1) is 6.04 Å². The number of rotatable bonds is 4. The fourth-order valence-corrected chi connectivity index (χ4v) is 2.64. The number of aryl methyl sites for hydroxylation is 3. The Kier molecular flexibility index (Phi) is 4.66. The van der Waals surface area contributed by atoms with Crippen molar-refractivity contribution >= 4 is 5.69 Å². The molecule has 0 aliphatic rings. The highest BCUT2D eigenvalue weighted by molar-refractivity contribution is 5.50. The van der Waals surface area contributed by atoms with Crippen LogP contribution < -0.4 is 16.2 Å². The van der Waals surface area contributed by atoms with E-state index in [0.29, 0.717) is 0 Å². The third kappa shape index (κ3) is 3.26. The number of nitrogens with two attached hydrogens (primary N) is 1. The van der Waals surface area contributed by atoms with Crippen LogP contribution in [0, 0.1) is 20.8 Å². The number of hydrazine groups is 1. The number of hydrogen-bond donors (Lipinski definition) is 2. The standard InChI is InChI=1S/C18H25N3/c1-12-9-14(3)17(10-13(12)2)18(20-19)15-7-6-8-16(11-15)21(4)5/h6-11,18,20H,19H2,1-5H3. The topological polar surface area (TPSA) is 41.3 Å². The molecule has 0 fully saturated rings. The Bertz CT molecular complexity index is 632. The summed E-state index contributed by atoms with van der Waals surface area (Å²) in [5.74, 6) is 5.86. The molecule has 3 heteroatoms. The van der Waals surface area contributed by atoms with Gasteiger partial charge < -0.3 is 4.90 Å². The van der Waals surface area contributed by atoms with E-state index in [4.69, 9.17) is 5.84 Å². The fraction of sp³-hybridized carbons (Fsp3) is 0.333. The van der Waals surface area contributed by atoms with Crippen LogP contribution in [0.25, 0.3) is 0 Å². The second-order valence-electron chi connectivity index (χ2n) is 5.88. The first-order valence-electron chi connectivity index (χ1n) is 7.25. The van der Waals surface area contributed by atoms with Crippen LogP contribution in [0.1, 0.15) is 33.9 Å². The average Bonchev–Trinajstić information content (AvgIpc) is 2.45. The minimum Gasteiger partial charge on any atom is -0.378 e. The summed E-state index contributed by atoms with van der Waals surface area (Å²) in [5.41, 5.74) is 10.4. The average molecular weight is 283 g/mol. The van der Waals surface area contributed by atoms with E-state index >= 15 is 0 Å². The molecular weight excluding hydrogens is 258 g/mol. The van der Waals surface area contributed by atoms with Gasteiger partial charge in [0.1, 0.15) is 0 Å². The van der Waals surface area contributed by atoms with Crippen molar-refractivity contribution in [1.82, 2.24) is 5.43 Å². The van der Waals surface area contributed by atoms with Crippen LogP contribution in [0.15, 0.2) is 36.4 Å². The van der Waals surface area contributed by atoms with Gasteiger partial charge in [0.2, 0.25) is 0 Å². The van der Waals surface area contributed by atoms with E-state index in [1.54, 1.807) is 0 Å². The Morgan fingerprint density at radius 3 is 2.24 bits per heavy atom. The molecule has 0 aromatic heterocycles. The molecule has 2 rings (SSSR count). The highest BCUT2D eigenvalue weighted by atomic mass is 15.2. The van der Waals surface area contributed by atoms with E-state index in [9.17, 15) is 0 Å². The van der Waals surface area contributed by atoms with E-state index in [-0.39, 0.29) is 6.04 Å². The van der Waals surface area contributed by atoms with Crippen LogP contribution in [0.4, 0.5) is 5.69 Å². The first-order chi connectivity index (χ1) is 9.93. The molecular formula is C18H25N3. The molecule has 0 saturated carbocycles. The fourth-order valence-electron chi connectivity index (χ4n) is 2.64. The first kappa shape index (κ1) is 15.5. The van der Waals surface area contributed by atoms with Gasteiger partial charge in [-0.05, 0) is 60.7 Å². The molecule has 21 heavy (non-hydrogen) atoms. The second kappa shape index (κ2) is 6.29. The first-order valence-corrected chi connectivity index (χ1v) is 7.25. The smallest absolute Gasteiger partial charge is 0.0713 e. The largest absolute Gasteiger partial charge is 0.378 e. The molecule has 0 heterocycles. The SMILES string of the molecule is Cc1cc(C)c(C(NN)c2cccc(N(C)C)c2)cc1C. The van der Waals surface area contributed by atoms with Crippen molar-refractivity contribution in [3.05, 3.63) is 64.2 Å². The van der Waals surface area contributed by atoms with Gasteiger partial charge in [0.15, 0.2) is 0 Å². The molecule has 2 aromatic carbocycles. The zero-order valence-corrected chi connectivity index (χ0v) is 13.6. The summed E-state index contributed by atoms with van der Waals surface area (Å²) in [6.07, 6.45) is 0. The molecule has 0 aliphatic heterocycles. The Morgan fingerprint density at radius 1 is 0.952 bits per heavy atom. The van der Waals surface area contributed by atoms with Gasteiger partial charge in [-0.15, -0.1) is 0 Å². The Balaban J connectivity index is 2.49. The lowest BCUT2D eigenvalue weighted by Gasteiger charge is -2.22. The lowest BCUT2D eigenvalue weighted by Crippen LogP contribution is -2.29. The minimum atomic E-state index is 0.00389. The summed E-state index contributed by atoms with van der Waals surface area (Å²) >= 11 is 0. The monoisotopic (exact) mass is 283 g/mol. The van der Waals surface area contributed by atoms with Gasteiger partial charge >= 0.3 is 0 Å². The van der Waals surface area contributed by atoms with Gasteiger partial charge in [0, 0.05) is 19.8 Å². The summed E-state index contributed by atoms with van der Waals surface area (Å²) in [5, 5.41) is 0. The van der Waals surface area contributed by atoms with E-state index in [2.05, 4.69) is 67.5 Å². The van der Waals surface area contributed by atoms with Crippen LogP contribution in [-0.4, -0.2) is 14.1 Å². The highest BCUT2D eigenvalue weighted by Crippen LogP contribution is 2.28. The molecule has 0 bridgehead atoms. The van der Waals surface area contributed by atoms with Crippen molar-refractivity contribution in [1.29, 1.82) is 0 Å². The Labute approximate surface area is 127 Å². The molecule has 3 nitrogen and oxygen atoms in total. The summed E-state index contributed by atoms with van der Waals surface area (Å²) in [6.45, 7) is 6.42. The number of nitrogens with zero attached hydrogens (tertiary/aromatic N) is 1. The van der Waals surface area contributed by atoms with Gasteiger partial charge in [-0.1, -0.05) is 24.3 Å². The van der Waals surface area contributed by atoms with Gasteiger partial charge in [-0.25, -0.2) is 5.43 Å². The number of hydrogen-bond acceptors (Lipinski definition) is 3. The van der Waals surface area contributed by atoms with E-state index in [1.807, 2.05) is 14.1 Å². The molecule has 0 saturated heterocycles. The van der Waals surface area contributed by atoms with Crippen molar-refractivity contribution in [3.8, 4) is 0 Å². The Hall–Kier alpha value is -1.84. The van der Waals surface area contributed by atoms with Gasteiger partial charge in [-0.3, -0.25) is 5.84 Å². The number of nitrogens with one attached hydrogen (secondary N) is 1. The predicted molar refractivity (Wildman–Crippen MR) is 90.6 cm³/mol. The molecule has 0 spiro atoms. The van der Waals surface area contributed by atoms with Crippen LogP contribution in [0.3, 0.4) is 0 Å². The molecule has 0 aliphatic carbocycles. The summed E-state index contributed by atoms with van der Waals surface area (Å²) in [4.78, 5) is 2.10. The van der Waals surface area contributed by atoms with E-state index in [0.717, 1.165) is 0 Å². The van der Waals surface area contributed by atoms with Crippen LogP contribution in [0.2, 0.25) is 0 Å². The van der Waals surface area contributed by atoms with Crippen molar-refractivity contribution in [3.63, 3.8) is 0 Å². The number of anilines is 1. The molecule has 1 atom stereocenters. The maximum absolute atomic E-state index is 5.86. The maximum atomic E-state index is 5.86. The Morgan fingerprint density at radius 2 is 1.62 bits per heavy atom. The summed E-state index contributed by atoms with van der Waals surface area (Å²) in [6, 6.07) is 12.9. The summed E-state index contributed by atoms with van der Waals surface area (Å²) in [7, 11) is 4.09. The van der Waals surface area contributed by atoms with Crippen LogP contribution in [-0.2, 0) is 0 Å². The van der Waals surface area contributed by atoms with Gasteiger partial charge in [-0.2, -0.15) is 0 Å². The maximum Gasteiger partial charge on any atom is 0.0713 e. The minimum absolute atomic E-state index is 0.00389. The quantitative estimate of drug-likeness (QED) is 0.668. The van der Waals surface area contributed by atoms with E-state index in [1.165, 1.54) is 33.5 Å². The molecule has 0 radical (unpaired) electrons. The van der Waals surface area contributed by atoms with E-state index < -0.39 is 0 Å². The lowest BCUT2D eigenvalue weighted by atomic mass is 9.92. The van der Waals surface area contributed by atoms with Crippen LogP contribution >= 0.6 is 0 Å². The molecule has 2 aromatic rings. The zero-order chi connectivity index (χ0) is 15.6. The third-order valence-corrected chi connectivity index (χ3v) is 4.08. The molecule has 112 valence electrons. The van der Waals surface area contributed by atoms with Crippen molar-refractivity contribution < 1.29 is 0 Å². The van der Waals surface area contributed by atoms with Crippen molar-refractivity contribution in [2.24, 2.45) is 5.84 Å². The molecule has 1 unspecified atom stereocenters. The van der Waals surface area contributed by atoms with Gasteiger partial charge in [0.25, 0.3) is 0 Å². The number of benzene rings is 2. The van der Waals surface area contributed by atoms with Crippen molar-refractivity contribution in [2.75, 3.05) is 19.0 Å². The molecule has 3 N–H and O–H groups in total. The predicted octanol–water partition coefficient (Wildman–Crippen LogP) is 3.23. The van der Waals surface area contributed by atoms with Crippen LogP contribution in [0.5, 0.6) is 0 Å². The summed E-state index contributed by atoms with van der Waals surface area (Å²) < 4.78 is 0. The third-order valence-electron chi connectivity index (χ3n) is 4.08.